The minimum atomic E-state index is -0.0505. The van der Waals surface area contributed by atoms with Crippen LogP contribution in [0.2, 0.25) is 0 Å². The number of phenols is 1. The highest BCUT2D eigenvalue weighted by molar-refractivity contribution is 5.90. The first-order chi connectivity index (χ1) is 15.3. The largest absolute Gasteiger partial charge is 0.507 e. The fraction of sp³-hybridized carbons (Fsp3) is 0.417. The van der Waals surface area contributed by atoms with Crippen molar-refractivity contribution in [3.8, 4) is 17.1 Å². The van der Waals surface area contributed by atoms with Gasteiger partial charge in [0.2, 0.25) is 0 Å². The van der Waals surface area contributed by atoms with Crippen LogP contribution in [0.3, 0.4) is 0 Å². The van der Waals surface area contributed by atoms with Crippen molar-refractivity contribution in [2.75, 3.05) is 14.1 Å². The number of aromatic nitrogens is 5. The van der Waals surface area contributed by atoms with Crippen molar-refractivity contribution < 1.29 is 5.11 Å². The minimum Gasteiger partial charge on any atom is -0.507 e. The molecule has 0 unspecified atom stereocenters. The minimum absolute atomic E-state index is 0.0505. The molecule has 0 saturated heterocycles. The number of hydrogen-bond donors (Lipinski definition) is 1. The van der Waals surface area contributed by atoms with E-state index in [0.717, 1.165) is 36.6 Å². The van der Waals surface area contributed by atoms with Gasteiger partial charge in [-0.2, -0.15) is 5.10 Å². The lowest BCUT2D eigenvalue weighted by Crippen LogP contribution is -2.35. The van der Waals surface area contributed by atoms with Crippen molar-refractivity contribution in [3.05, 3.63) is 46.6 Å². The maximum atomic E-state index is 13.2. The molecule has 1 aromatic carbocycles. The van der Waals surface area contributed by atoms with Gasteiger partial charge in [0.15, 0.2) is 5.82 Å². The Balaban J connectivity index is 1.52. The molecule has 5 rings (SSSR count). The lowest BCUT2D eigenvalue weighted by atomic mass is 9.90. The molecule has 3 heterocycles. The summed E-state index contributed by atoms with van der Waals surface area (Å²) >= 11 is 0. The van der Waals surface area contributed by atoms with Crippen molar-refractivity contribution >= 4 is 21.8 Å². The molecule has 166 valence electrons. The predicted molar refractivity (Wildman–Crippen MR) is 125 cm³/mol. The molecule has 1 N–H and O–H groups in total. The first-order valence-corrected chi connectivity index (χ1v) is 11.0. The molecule has 0 bridgehead atoms. The van der Waals surface area contributed by atoms with Crippen molar-refractivity contribution in [2.24, 2.45) is 7.05 Å². The van der Waals surface area contributed by atoms with E-state index in [1.807, 2.05) is 43.1 Å². The Morgan fingerprint density at radius 2 is 1.94 bits per heavy atom. The number of pyridine rings is 1. The van der Waals surface area contributed by atoms with Gasteiger partial charge >= 0.3 is 0 Å². The summed E-state index contributed by atoms with van der Waals surface area (Å²) in [6.07, 6.45) is 9.51. The zero-order valence-corrected chi connectivity index (χ0v) is 18.9. The van der Waals surface area contributed by atoms with Gasteiger partial charge in [-0.1, -0.05) is 0 Å². The van der Waals surface area contributed by atoms with Crippen molar-refractivity contribution in [2.45, 2.75) is 44.7 Å². The van der Waals surface area contributed by atoms with E-state index in [2.05, 4.69) is 34.1 Å². The van der Waals surface area contributed by atoms with Crippen molar-refractivity contribution in [1.82, 2.24) is 29.2 Å². The van der Waals surface area contributed by atoms with E-state index in [-0.39, 0.29) is 17.4 Å². The number of nitrogens with zero attached hydrogens (tertiary/aromatic N) is 6. The fourth-order valence-electron chi connectivity index (χ4n) is 4.93. The summed E-state index contributed by atoms with van der Waals surface area (Å²) in [6.45, 7) is 1.83. The van der Waals surface area contributed by atoms with Gasteiger partial charge in [-0.05, 0) is 58.8 Å². The molecule has 32 heavy (non-hydrogen) atoms. The van der Waals surface area contributed by atoms with Gasteiger partial charge in [-0.25, -0.2) is 9.97 Å². The number of benzene rings is 1. The second-order valence-corrected chi connectivity index (χ2v) is 9.08. The average molecular weight is 433 g/mol. The van der Waals surface area contributed by atoms with Gasteiger partial charge in [-0.15, -0.1) is 0 Å². The molecule has 1 aliphatic carbocycles. The van der Waals surface area contributed by atoms with Crippen LogP contribution in [-0.4, -0.2) is 54.5 Å². The number of phenolic OH excluding ortho intramolecular Hbond substituents is 1. The Kier molecular flexibility index (Phi) is 4.97. The third-order valence-corrected chi connectivity index (χ3v) is 6.83. The van der Waals surface area contributed by atoms with E-state index in [9.17, 15) is 9.90 Å². The fourth-order valence-corrected chi connectivity index (χ4v) is 4.93. The summed E-state index contributed by atoms with van der Waals surface area (Å²) in [5.41, 5.74) is 2.51. The van der Waals surface area contributed by atoms with Crippen molar-refractivity contribution in [1.29, 1.82) is 0 Å². The van der Waals surface area contributed by atoms with E-state index < -0.39 is 0 Å². The lowest BCUT2D eigenvalue weighted by molar-refractivity contribution is 0.194. The highest BCUT2D eigenvalue weighted by Crippen LogP contribution is 2.35. The Morgan fingerprint density at radius 1 is 1.19 bits per heavy atom. The van der Waals surface area contributed by atoms with Gasteiger partial charge in [0.25, 0.3) is 5.56 Å². The van der Waals surface area contributed by atoms with Crippen LogP contribution in [0.1, 0.15) is 37.3 Å². The molecule has 1 saturated carbocycles. The average Bonchev–Trinajstić information content (AvgIpc) is 3.17. The summed E-state index contributed by atoms with van der Waals surface area (Å²) in [5, 5.41) is 16.6. The number of hydrogen-bond acceptors (Lipinski definition) is 6. The van der Waals surface area contributed by atoms with E-state index in [1.165, 1.54) is 0 Å². The summed E-state index contributed by atoms with van der Waals surface area (Å²) < 4.78 is 3.57. The van der Waals surface area contributed by atoms with Crippen LogP contribution in [0.5, 0.6) is 5.75 Å². The Hall–Kier alpha value is -3.26. The van der Waals surface area contributed by atoms with Gasteiger partial charge < -0.3 is 14.6 Å². The van der Waals surface area contributed by atoms with Crippen LogP contribution in [-0.2, 0) is 7.05 Å². The Bertz CT molecular complexity index is 1380. The van der Waals surface area contributed by atoms with Gasteiger partial charge in [0, 0.05) is 48.7 Å². The molecular weight excluding hydrogens is 404 g/mol. The molecule has 0 atom stereocenters. The molecule has 0 amide bonds. The summed E-state index contributed by atoms with van der Waals surface area (Å²) in [7, 11) is 6.08. The highest BCUT2D eigenvalue weighted by Gasteiger charge is 2.25. The number of aromatic hydroxyl groups is 1. The van der Waals surface area contributed by atoms with Crippen LogP contribution in [0.15, 0.2) is 35.5 Å². The normalized spacial score (nSPS) is 19.3. The van der Waals surface area contributed by atoms with Crippen molar-refractivity contribution in [3.63, 3.8) is 0 Å². The molecule has 0 aliphatic heterocycles. The van der Waals surface area contributed by atoms with Gasteiger partial charge in [0.1, 0.15) is 5.75 Å². The second kappa shape index (κ2) is 7.70. The Labute approximate surface area is 186 Å². The third-order valence-electron chi connectivity index (χ3n) is 6.83. The molecule has 1 aliphatic rings. The van der Waals surface area contributed by atoms with Crippen LogP contribution >= 0.6 is 0 Å². The van der Waals surface area contributed by atoms with Gasteiger partial charge in [0.05, 0.1) is 22.0 Å². The third kappa shape index (κ3) is 3.35. The van der Waals surface area contributed by atoms with E-state index in [0.29, 0.717) is 33.9 Å². The molecule has 3 aromatic heterocycles. The summed E-state index contributed by atoms with van der Waals surface area (Å²) in [6, 6.07) is 4.52. The topological polar surface area (TPSA) is 89.1 Å². The molecule has 1 fully saturated rings. The number of fused-ring (bicyclic) bond motifs is 2. The molecule has 0 spiro atoms. The monoisotopic (exact) mass is 432 g/mol. The van der Waals surface area contributed by atoms with Crippen LogP contribution in [0.4, 0.5) is 0 Å². The van der Waals surface area contributed by atoms with Crippen LogP contribution in [0.25, 0.3) is 33.2 Å². The zero-order chi connectivity index (χ0) is 22.6. The molecule has 8 heteroatoms. The maximum Gasteiger partial charge on any atom is 0.261 e. The molecule has 4 aromatic rings. The zero-order valence-electron chi connectivity index (χ0n) is 18.9. The number of aryl methyl sites for hydroxylation is 2. The molecular formula is C24H28N6O2. The quantitative estimate of drug-likeness (QED) is 0.534. The maximum absolute atomic E-state index is 13.2. The van der Waals surface area contributed by atoms with Gasteiger partial charge in [-0.3, -0.25) is 9.48 Å². The summed E-state index contributed by atoms with van der Waals surface area (Å²) in [4.78, 5) is 24.6. The lowest BCUT2D eigenvalue weighted by Gasteiger charge is -2.33. The Morgan fingerprint density at radius 3 is 2.66 bits per heavy atom. The van der Waals surface area contributed by atoms with E-state index in [4.69, 9.17) is 0 Å². The van der Waals surface area contributed by atoms with Crippen LogP contribution < -0.4 is 5.56 Å². The second-order valence-electron chi connectivity index (χ2n) is 9.08. The van der Waals surface area contributed by atoms with E-state index >= 15 is 0 Å². The molecule has 0 radical (unpaired) electrons. The number of rotatable bonds is 3. The predicted octanol–water partition coefficient (Wildman–Crippen LogP) is 3.40. The molecule has 8 nitrogen and oxygen atoms in total. The first-order valence-electron chi connectivity index (χ1n) is 11.0. The smallest absolute Gasteiger partial charge is 0.261 e. The highest BCUT2D eigenvalue weighted by atomic mass is 16.3. The first kappa shape index (κ1) is 20.6. The SMILES string of the molecule is Cc1c(O)c(-c2ncc3c(=O)n([C@H]4CC[C@@H](N(C)C)CC4)ccc3n2)cc2cn(C)nc12. The standard InChI is InChI=1S/C24H28N6O2/c1-14-21-15(13-29(4)27-21)11-18(22(14)31)23-25-12-19-20(26-23)9-10-30(24(19)32)17-7-5-16(6-8-17)28(2)3/h9-13,16-17,31H,5-8H2,1-4H3/t16-,17+. The van der Waals surface area contributed by atoms with Crippen LogP contribution in [0, 0.1) is 6.92 Å². The summed E-state index contributed by atoms with van der Waals surface area (Å²) in [5.74, 6) is 0.508. The van der Waals surface area contributed by atoms with E-state index in [1.54, 1.807) is 10.9 Å².